The monoisotopic (exact) mass is 158 g/mol. The first-order chi connectivity index (χ1) is 5.24. The minimum absolute atomic E-state index is 0.203. The number of aliphatic hydroxyl groups excluding tert-OH is 1. The summed E-state index contributed by atoms with van der Waals surface area (Å²) in [4.78, 5) is 10.6. The lowest BCUT2D eigenvalue weighted by atomic mass is 9.92. The molecule has 0 aromatic rings. The van der Waals surface area contributed by atoms with Gasteiger partial charge in [0, 0.05) is 6.04 Å². The van der Waals surface area contributed by atoms with Gasteiger partial charge in [-0.2, -0.15) is 0 Å². The van der Waals surface area contributed by atoms with Crippen LogP contribution in [0.3, 0.4) is 0 Å². The van der Waals surface area contributed by atoms with Gasteiger partial charge in [0.1, 0.15) is 6.04 Å². The van der Waals surface area contributed by atoms with Crippen LogP contribution in [0, 0.1) is 0 Å². The highest BCUT2D eigenvalue weighted by Crippen LogP contribution is 2.18. The predicted molar refractivity (Wildman–Crippen MR) is 40.8 cm³/mol. The van der Waals surface area contributed by atoms with Gasteiger partial charge in [0.05, 0.1) is 6.61 Å². The van der Waals surface area contributed by atoms with Crippen molar-refractivity contribution in [1.29, 1.82) is 0 Å². The van der Waals surface area contributed by atoms with Gasteiger partial charge in [0.2, 0.25) is 5.91 Å². The van der Waals surface area contributed by atoms with Crippen LogP contribution in [0.15, 0.2) is 0 Å². The van der Waals surface area contributed by atoms with Gasteiger partial charge in [-0.1, -0.05) is 6.42 Å². The zero-order chi connectivity index (χ0) is 8.27. The van der Waals surface area contributed by atoms with Crippen LogP contribution in [0.1, 0.15) is 19.3 Å². The maximum atomic E-state index is 10.6. The lowest BCUT2D eigenvalue weighted by Gasteiger charge is -2.29. The van der Waals surface area contributed by atoms with Crippen LogP contribution >= 0.6 is 0 Å². The zero-order valence-electron chi connectivity index (χ0n) is 6.42. The van der Waals surface area contributed by atoms with Crippen LogP contribution in [0.25, 0.3) is 0 Å². The molecule has 0 aliphatic heterocycles. The number of carbonyl (C=O) groups is 1. The molecular formula is C7H14N2O2. The number of nitrogens with two attached hydrogens (primary N) is 1. The third-order valence-corrected chi connectivity index (χ3v) is 2.07. The van der Waals surface area contributed by atoms with Crippen molar-refractivity contribution in [3.05, 3.63) is 0 Å². The van der Waals surface area contributed by atoms with E-state index in [4.69, 9.17) is 10.8 Å². The van der Waals surface area contributed by atoms with Gasteiger partial charge in [0.25, 0.3) is 0 Å². The Balaban J connectivity index is 2.24. The van der Waals surface area contributed by atoms with E-state index < -0.39 is 11.9 Å². The fraction of sp³-hybridized carbons (Fsp3) is 0.857. The number of rotatable bonds is 4. The van der Waals surface area contributed by atoms with Gasteiger partial charge < -0.3 is 16.2 Å². The van der Waals surface area contributed by atoms with Crippen molar-refractivity contribution in [2.24, 2.45) is 5.73 Å². The van der Waals surface area contributed by atoms with Gasteiger partial charge in [0.15, 0.2) is 0 Å². The van der Waals surface area contributed by atoms with Crippen LogP contribution < -0.4 is 11.1 Å². The lowest BCUT2D eigenvalue weighted by Crippen LogP contribution is -2.50. The Hall–Kier alpha value is -0.610. The molecule has 0 aromatic heterocycles. The van der Waals surface area contributed by atoms with Crippen molar-refractivity contribution >= 4 is 5.91 Å². The minimum atomic E-state index is -0.555. The molecule has 1 atom stereocenters. The molecule has 0 spiro atoms. The van der Waals surface area contributed by atoms with Crippen molar-refractivity contribution in [1.82, 2.24) is 5.32 Å². The van der Waals surface area contributed by atoms with Crippen molar-refractivity contribution in [2.45, 2.75) is 31.3 Å². The zero-order valence-corrected chi connectivity index (χ0v) is 6.42. The highest BCUT2D eigenvalue weighted by Gasteiger charge is 2.23. The summed E-state index contributed by atoms with van der Waals surface area (Å²) in [5.74, 6) is -0.473. The number of amides is 1. The Labute approximate surface area is 65.8 Å². The van der Waals surface area contributed by atoms with Crippen LogP contribution in [-0.4, -0.2) is 29.7 Å². The molecule has 1 saturated carbocycles. The van der Waals surface area contributed by atoms with E-state index in [2.05, 4.69) is 5.32 Å². The Bertz CT molecular complexity index is 145. The SMILES string of the molecule is NC(=O)C(CO)NC1CCC1. The molecule has 0 radical (unpaired) electrons. The standard InChI is InChI=1S/C7H14N2O2/c8-7(11)6(4-10)9-5-2-1-3-5/h5-6,9-10H,1-4H2,(H2,8,11). The molecule has 1 fully saturated rings. The molecule has 1 aliphatic carbocycles. The molecule has 1 aliphatic rings. The van der Waals surface area contributed by atoms with Gasteiger partial charge in [-0.25, -0.2) is 0 Å². The van der Waals surface area contributed by atoms with Gasteiger partial charge in [-0.3, -0.25) is 4.79 Å². The van der Waals surface area contributed by atoms with E-state index in [9.17, 15) is 4.79 Å². The topological polar surface area (TPSA) is 75.4 Å². The van der Waals surface area contributed by atoms with Gasteiger partial charge >= 0.3 is 0 Å². The van der Waals surface area contributed by atoms with E-state index in [0.717, 1.165) is 12.8 Å². The summed E-state index contributed by atoms with van der Waals surface area (Å²) >= 11 is 0. The third kappa shape index (κ3) is 2.17. The minimum Gasteiger partial charge on any atom is -0.394 e. The quantitative estimate of drug-likeness (QED) is 0.490. The summed E-state index contributed by atoms with van der Waals surface area (Å²) in [5.41, 5.74) is 5.01. The molecule has 0 bridgehead atoms. The molecule has 4 N–H and O–H groups in total. The second-order valence-corrected chi connectivity index (χ2v) is 2.93. The van der Waals surface area contributed by atoms with Crippen molar-refractivity contribution in [3.63, 3.8) is 0 Å². The first kappa shape index (κ1) is 8.49. The average Bonchev–Trinajstić information content (AvgIpc) is 1.85. The van der Waals surface area contributed by atoms with E-state index in [1.54, 1.807) is 0 Å². The first-order valence-corrected chi connectivity index (χ1v) is 3.90. The molecule has 0 heterocycles. The Morgan fingerprint density at radius 1 is 1.73 bits per heavy atom. The van der Waals surface area contributed by atoms with Gasteiger partial charge in [-0.15, -0.1) is 0 Å². The first-order valence-electron chi connectivity index (χ1n) is 3.90. The molecule has 1 unspecified atom stereocenters. The van der Waals surface area contributed by atoms with Crippen molar-refractivity contribution in [3.8, 4) is 0 Å². The Morgan fingerprint density at radius 3 is 2.64 bits per heavy atom. The summed E-state index contributed by atoms with van der Waals surface area (Å²) in [7, 11) is 0. The highest BCUT2D eigenvalue weighted by atomic mass is 16.3. The molecule has 64 valence electrons. The molecule has 1 rings (SSSR count). The molecule has 4 nitrogen and oxygen atoms in total. The van der Waals surface area contributed by atoms with E-state index in [0.29, 0.717) is 6.04 Å². The summed E-state index contributed by atoms with van der Waals surface area (Å²) in [6.45, 7) is -0.203. The number of nitrogens with one attached hydrogen (secondary N) is 1. The number of hydrogen-bond acceptors (Lipinski definition) is 3. The second-order valence-electron chi connectivity index (χ2n) is 2.93. The Morgan fingerprint density at radius 2 is 2.36 bits per heavy atom. The van der Waals surface area contributed by atoms with Crippen molar-refractivity contribution < 1.29 is 9.90 Å². The summed E-state index contributed by atoms with van der Waals surface area (Å²) in [6, 6.07) is -0.167. The van der Waals surface area contributed by atoms with E-state index in [1.165, 1.54) is 6.42 Å². The smallest absolute Gasteiger partial charge is 0.236 e. The molecular weight excluding hydrogens is 144 g/mol. The van der Waals surface area contributed by atoms with Crippen LogP contribution in [0.5, 0.6) is 0 Å². The fourth-order valence-electron chi connectivity index (χ4n) is 1.08. The second kappa shape index (κ2) is 3.69. The average molecular weight is 158 g/mol. The Kier molecular flexibility index (Phi) is 2.84. The van der Waals surface area contributed by atoms with E-state index in [-0.39, 0.29) is 6.61 Å². The number of hydrogen-bond donors (Lipinski definition) is 3. The van der Waals surface area contributed by atoms with Crippen LogP contribution in [-0.2, 0) is 4.79 Å². The largest absolute Gasteiger partial charge is 0.394 e. The summed E-state index contributed by atoms with van der Waals surface area (Å²) in [5, 5.41) is 11.7. The predicted octanol–water partition coefficient (Wildman–Crippen LogP) is -1.03. The van der Waals surface area contributed by atoms with E-state index in [1.807, 2.05) is 0 Å². The summed E-state index contributed by atoms with van der Waals surface area (Å²) < 4.78 is 0. The van der Waals surface area contributed by atoms with E-state index >= 15 is 0 Å². The maximum absolute atomic E-state index is 10.6. The number of carbonyl (C=O) groups excluding carboxylic acids is 1. The lowest BCUT2D eigenvalue weighted by molar-refractivity contribution is -0.121. The molecule has 4 heteroatoms. The number of primary amides is 1. The van der Waals surface area contributed by atoms with Gasteiger partial charge in [-0.05, 0) is 12.8 Å². The highest BCUT2D eigenvalue weighted by molar-refractivity contribution is 5.80. The van der Waals surface area contributed by atoms with Crippen molar-refractivity contribution in [2.75, 3.05) is 6.61 Å². The summed E-state index contributed by atoms with van der Waals surface area (Å²) in [6.07, 6.45) is 3.38. The van der Waals surface area contributed by atoms with Crippen LogP contribution in [0.4, 0.5) is 0 Å². The third-order valence-electron chi connectivity index (χ3n) is 2.07. The molecule has 0 aromatic carbocycles. The maximum Gasteiger partial charge on any atom is 0.236 e. The molecule has 0 saturated heterocycles. The fourth-order valence-corrected chi connectivity index (χ4v) is 1.08. The molecule has 11 heavy (non-hydrogen) atoms. The number of aliphatic hydroxyl groups is 1. The van der Waals surface area contributed by atoms with Crippen LogP contribution in [0.2, 0.25) is 0 Å². The molecule has 1 amide bonds. The normalized spacial score (nSPS) is 20.8.